The van der Waals surface area contributed by atoms with Gasteiger partial charge in [-0.1, -0.05) is 12.1 Å². The average molecular weight is 277 g/mol. The maximum atomic E-state index is 11.2. The van der Waals surface area contributed by atoms with Crippen molar-refractivity contribution in [3.63, 3.8) is 0 Å². The summed E-state index contributed by atoms with van der Waals surface area (Å²) >= 11 is 0. The van der Waals surface area contributed by atoms with Crippen LogP contribution in [0.25, 0.3) is 0 Å². The summed E-state index contributed by atoms with van der Waals surface area (Å²) in [6, 6.07) is 7.78. The lowest BCUT2D eigenvalue weighted by Crippen LogP contribution is -2.52. The third-order valence-electron chi connectivity index (χ3n) is 3.05. The fourth-order valence-corrected chi connectivity index (χ4v) is 2.07. The van der Waals surface area contributed by atoms with Gasteiger partial charge in [0.05, 0.1) is 13.1 Å². The molecule has 0 aliphatic carbocycles. The number of carbonyl (C=O) groups excluding carboxylic acids is 2. The van der Waals surface area contributed by atoms with Crippen LogP contribution in [0, 0.1) is 0 Å². The Morgan fingerprint density at radius 3 is 2.40 bits per heavy atom. The molecule has 3 N–H and O–H groups in total. The smallest absolute Gasteiger partial charge is 0.240 e. The Morgan fingerprint density at radius 1 is 1.15 bits per heavy atom. The largest absolute Gasteiger partial charge is 0.492 e. The summed E-state index contributed by atoms with van der Waals surface area (Å²) in [5, 5.41) is 2.26. The summed E-state index contributed by atoms with van der Waals surface area (Å²) in [6.07, 6.45) is 0.852. The number of rotatable bonds is 6. The summed E-state index contributed by atoms with van der Waals surface area (Å²) in [5.74, 6) is 0.262. The van der Waals surface area contributed by atoms with E-state index >= 15 is 0 Å². The summed E-state index contributed by atoms with van der Waals surface area (Å²) < 4.78 is 5.60. The average Bonchev–Trinajstić information content (AvgIpc) is 2.40. The lowest BCUT2D eigenvalue weighted by atomic mass is 10.1. The Morgan fingerprint density at radius 2 is 1.80 bits per heavy atom. The topological polar surface area (TPSA) is 84.7 Å². The molecule has 6 nitrogen and oxygen atoms in total. The zero-order valence-electron chi connectivity index (χ0n) is 11.3. The van der Waals surface area contributed by atoms with Crippen molar-refractivity contribution in [3.8, 4) is 5.75 Å². The van der Waals surface area contributed by atoms with Gasteiger partial charge in [-0.05, 0) is 30.7 Å². The van der Waals surface area contributed by atoms with Gasteiger partial charge in [0.15, 0.2) is 0 Å². The number of benzene rings is 1. The van der Waals surface area contributed by atoms with Crippen LogP contribution in [0.5, 0.6) is 5.75 Å². The van der Waals surface area contributed by atoms with E-state index in [0.29, 0.717) is 19.7 Å². The van der Waals surface area contributed by atoms with Crippen molar-refractivity contribution in [2.45, 2.75) is 6.42 Å². The van der Waals surface area contributed by atoms with E-state index in [9.17, 15) is 9.59 Å². The predicted molar refractivity (Wildman–Crippen MR) is 74.3 cm³/mol. The molecule has 108 valence electrons. The van der Waals surface area contributed by atoms with Crippen LogP contribution in [-0.2, 0) is 16.0 Å². The van der Waals surface area contributed by atoms with Crippen molar-refractivity contribution in [3.05, 3.63) is 29.8 Å². The lowest BCUT2D eigenvalue weighted by molar-refractivity contribution is -0.136. The zero-order valence-corrected chi connectivity index (χ0v) is 11.3. The third-order valence-corrected chi connectivity index (χ3v) is 3.05. The van der Waals surface area contributed by atoms with Crippen molar-refractivity contribution in [1.82, 2.24) is 10.2 Å². The molecule has 1 saturated heterocycles. The number of hydrogen-bond acceptors (Lipinski definition) is 5. The molecule has 2 amide bonds. The minimum absolute atomic E-state index is 0.241. The van der Waals surface area contributed by atoms with E-state index < -0.39 is 0 Å². The molecule has 0 bridgehead atoms. The second kappa shape index (κ2) is 7.02. The maximum absolute atomic E-state index is 11.2. The summed E-state index contributed by atoms with van der Waals surface area (Å²) in [4.78, 5) is 24.2. The highest BCUT2D eigenvalue weighted by Gasteiger charge is 2.21. The van der Waals surface area contributed by atoms with E-state index in [1.807, 2.05) is 24.3 Å². The zero-order chi connectivity index (χ0) is 14.4. The molecule has 0 spiro atoms. The van der Waals surface area contributed by atoms with Gasteiger partial charge >= 0.3 is 0 Å². The third kappa shape index (κ3) is 4.32. The predicted octanol–water partition coefficient (Wildman–Crippen LogP) is -0.475. The van der Waals surface area contributed by atoms with Gasteiger partial charge in [-0.3, -0.25) is 19.8 Å². The fraction of sp³-hybridized carbons (Fsp3) is 0.429. The van der Waals surface area contributed by atoms with Crippen LogP contribution >= 0.6 is 0 Å². The van der Waals surface area contributed by atoms with E-state index in [2.05, 4.69) is 5.32 Å². The number of piperazine rings is 1. The number of ether oxygens (including phenoxy) is 1. The molecule has 1 aliphatic heterocycles. The van der Waals surface area contributed by atoms with E-state index in [4.69, 9.17) is 10.5 Å². The van der Waals surface area contributed by atoms with Crippen molar-refractivity contribution >= 4 is 11.8 Å². The molecule has 0 aromatic heterocycles. The normalized spacial score (nSPS) is 16.1. The van der Waals surface area contributed by atoms with Gasteiger partial charge in [-0.25, -0.2) is 0 Å². The second-order valence-electron chi connectivity index (χ2n) is 4.71. The monoisotopic (exact) mass is 277 g/mol. The first-order valence-corrected chi connectivity index (χ1v) is 6.64. The molecule has 0 radical (unpaired) electrons. The van der Waals surface area contributed by atoms with Crippen molar-refractivity contribution in [1.29, 1.82) is 0 Å². The van der Waals surface area contributed by atoms with Crippen molar-refractivity contribution in [2.24, 2.45) is 5.73 Å². The van der Waals surface area contributed by atoms with E-state index in [1.165, 1.54) is 5.56 Å². The molecule has 1 fully saturated rings. The Labute approximate surface area is 117 Å². The highest BCUT2D eigenvalue weighted by atomic mass is 16.5. The van der Waals surface area contributed by atoms with Crippen LogP contribution < -0.4 is 15.8 Å². The Kier molecular flexibility index (Phi) is 5.09. The van der Waals surface area contributed by atoms with Crippen molar-refractivity contribution < 1.29 is 14.3 Å². The number of imide groups is 1. The molecule has 1 heterocycles. The molecule has 1 aliphatic rings. The summed E-state index contributed by atoms with van der Waals surface area (Å²) in [6.45, 7) is 2.10. The van der Waals surface area contributed by atoms with E-state index in [1.54, 1.807) is 4.90 Å². The Hall–Kier alpha value is -1.92. The summed E-state index contributed by atoms with van der Waals surface area (Å²) in [7, 11) is 0. The van der Waals surface area contributed by atoms with Crippen LogP contribution in [0.15, 0.2) is 24.3 Å². The van der Waals surface area contributed by atoms with Crippen molar-refractivity contribution in [2.75, 3.05) is 32.8 Å². The number of amides is 2. The first-order chi connectivity index (χ1) is 9.67. The van der Waals surface area contributed by atoms with Gasteiger partial charge in [0.1, 0.15) is 12.4 Å². The number of nitrogens with zero attached hydrogens (tertiary/aromatic N) is 1. The van der Waals surface area contributed by atoms with Crippen LogP contribution in [0.2, 0.25) is 0 Å². The first-order valence-electron chi connectivity index (χ1n) is 6.64. The van der Waals surface area contributed by atoms with Gasteiger partial charge < -0.3 is 10.5 Å². The molecular formula is C14H19N3O3. The van der Waals surface area contributed by atoms with E-state index in [0.717, 1.165) is 12.2 Å². The summed E-state index contributed by atoms with van der Waals surface area (Å²) in [5.41, 5.74) is 6.67. The van der Waals surface area contributed by atoms with Gasteiger partial charge in [-0.2, -0.15) is 0 Å². The molecule has 6 heteroatoms. The maximum Gasteiger partial charge on any atom is 0.240 e. The van der Waals surface area contributed by atoms with Crippen LogP contribution in [0.1, 0.15) is 5.56 Å². The number of carbonyl (C=O) groups is 2. The highest BCUT2D eigenvalue weighted by Crippen LogP contribution is 2.12. The van der Waals surface area contributed by atoms with Gasteiger partial charge in [0, 0.05) is 6.54 Å². The van der Waals surface area contributed by atoms with Gasteiger partial charge in [0.2, 0.25) is 11.8 Å². The molecule has 0 saturated carbocycles. The Bertz CT molecular complexity index is 457. The number of hydrogen-bond donors (Lipinski definition) is 2. The lowest BCUT2D eigenvalue weighted by Gasteiger charge is -2.24. The molecule has 1 aromatic rings. The van der Waals surface area contributed by atoms with E-state index in [-0.39, 0.29) is 24.9 Å². The first kappa shape index (κ1) is 14.5. The molecular weight excluding hydrogens is 258 g/mol. The van der Waals surface area contributed by atoms with Gasteiger partial charge in [0.25, 0.3) is 0 Å². The minimum Gasteiger partial charge on any atom is -0.492 e. The molecule has 0 atom stereocenters. The standard InChI is InChI=1S/C14H19N3O3/c15-6-5-11-1-3-12(4-2-11)20-8-7-17-9-13(18)16-14(19)10-17/h1-4H,5-10,15H2,(H,16,18,19). The number of nitrogens with one attached hydrogen (secondary N) is 1. The fourth-order valence-electron chi connectivity index (χ4n) is 2.07. The highest BCUT2D eigenvalue weighted by molar-refractivity contribution is 5.99. The number of nitrogens with two attached hydrogens (primary N) is 1. The second-order valence-corrected chi connectivity index (χ2v) is 4.71. The minimum atomic E-state index is -0.257. The van der Waals surface area contributed by atoms with Crippen LogP contribution in [0.4, 0.5) is 0 Å². The molecule has 20 heavy (non-hydrogen) atoms. The molecule has 0 unspecified atom stereocenters. The van der Waals surface area contributed by atoms with Gasteiger partial charge in [-0.15, -0.1) is 0 Å². The van der Waals surface area contributed by atoms with Crippen LogP contribution in [0.3, 0.4) is 0 Å². The SMILES string of the molecule is NCCc1ccc(OCCN2CC(=O)NC(=O)C2)cc1. The quantitative estimate of drug-likeness (QED) is 0.686. The molecule has 2 rings (SSSR count). The molecule has 1 aromatic carbocycles. The van der Waals surface area contributed by atoms with Crippen LogP contribution in [-0.4, -0.2) is 49.5 Å². The Balaban J connectivity index is 1.75.